The standard InChI is InChI=1S/C31H30N4O4S3.ClH/c1-3-17-35-18-16-23-27(19-35)41-31(28(23)30-32-25-10-6-7-11-26(25)40-30)33-29(36)22-8-4-5-9-24(22)34-42(37,38)21-14-12-20(39-2)13-15-21;/h4-15,34H,3,16-19H2,1-2H3,(H,33,36);1H. The quantitative estimate of drug-likeness (QED) is 0.173. The highest BCUT2D eigenvalue weighted by Gasteiger charge is 2.28. The Morgan fingerprint density at radius 1 is 1.02 bits per heavy atom. The molecule has 0 saturated carbocycles. The molecule has 0 saturated heterocycles. The Labute approximate surface area is 265 Å². The van der Waals surface area contributed by atoms with Crippen LogP contribution >= 0.6 is 35.1 Å². The number of hydrogen-bond acceptors (Lipinski definition) is 8. The van der Waals surface area contributed by atoms with Crippen molar-refractivity contribution in [1.82, 2.24) is 9.88 Å². The van der Waals surface area contributed by atoms with Crippen molar-refractivity contribution in [3.63, 3.8) is 0 Å². The highest BCUT2D eigenvalue weighted by atomic mass is 35.5. The van der Waals surface area contributed by atoms with Gasteiger partial charge in [-0.2, -0.15) is 0 Å². The van der Waals surface area contributed by atoms with Crippen molar-refractivity contribution in [1.29, 1.82) is 0 Å². The smallest absolute Gasteiger partial charge is 0.261 e. The van der Waals surface area contributed by atoms with Crippen molar-refractivity contribution in [2.24, 2.45) is 0 Å². The number of rotatable bonds is 9. The Morgan fingerprint density at radius 3 is 2.51 bits per heavy atom. The zero-order valence-electron chi connectivity index (χ0n) is 23.6. The first kappa shape index (κ1) is 31.0. The van der Waals surface area contributed by atoms with Gasteiger partial charge in [0.15, 0.2) is 0 Å². The molecule has 0 fully saturated rings. The van der Waals surface area contributed by atoms with Gasteiger partial charge in [-0.3, -0.25) is 14.4 Å². The number of thiazole rings is 1. The number of methoxy groups -OCH3 is 1. The topological polar surface area (TPSA) is 101 Å². The predicted octanol–water partition coefficient (Wildman–Crippen LogP) is 7.28. The molecule has 1 amide bonds. The van der Waals surface area contributed by atoms with Crippen LogP contribution < -0.4 is 14.8 Å². The van der Waals surface area contributed by atoms with Gasteiger partial charge in [0.05, 0.1) is 33.5 Å². The third kappa shape index (κ3) is 6.41. The summed E-state index contributed by atoms with van der Waals surface area (Å²) in [7, 11) is -2.43. The molecule has 0 bridgehead atoms. The van der Waals surface area contributed by atoms with Crippen LogP contribution in [0, 0.1) is 0 Å². The SMILES string of the molecule is CCCN1CCc2c(sc(NC(=O)c3ccccc3NS(=O)(=O)c3ccc(OC)cc3)c2-c2nc3ccccc3s2)C1.Cl. The Morgan fingerprint density at radius 2 is 1.77 bits per heavy atom. The molecule has 224 valence electrons. The number of benzene rings is 3. The fourth-order valence-electron chi connectivity index (χ4n) is 5.16. The van der Waals surface area contributed by atoms with Crippen molar-refractivity contribution in [3.8, 4) is 16.3 Å². The first-order chi connectivity index (χ1) is 20.4. The average molecular weight is 655 g/mol. The molecule has 2 aromatic heterocycles. The van der Waals surface area contributed by atoms with Gasteiger partial charge in [-0.1, -0.05) is 31.2 Å². The summed E-state index contributed by atoms with van der Waals surface area (Å²) in [5, 5.41) is 4.74. The second-order valence-corrected chi connectivity index (χ2v) is 13.8. The van der Waals surface area contributed by atoms with Crippen LogP contribution in [0.15, 0.2) is 77.7 Å². The fourth-order valence-corrected chi connectivity index (χ4v) is 8.63. The summed E-state index contributed by atoms with van der Waals surface area (Å²) in [5.41, 5.74) is 3.55. The number of thiophene rings is 1. The van der Waals surface area contributed by atoms with Crippen molar-refractivity contribution in [2.75, 3.05) is 30.2 Å². The van der Waals surface area contributed by atoms with Gasteiger partial charge in [0.25, 0.3) is 15.9 Å². The van der Waals surface area contributed by atoms with Crippen LogP contribution in [0.25, 0.3) is 20.8 Å². The lowest BCUT2D eigenvalue weighted by Gasteiger charge is -2.26. The van der Waals surface area contributed by atoms with Crippen molar-refractivity contribution >= 4 is 71.9 Å². The molecule has 0 radical (unpaired) electrons. The molecule has 3 aromatic carbocycles. The van der Waals surface area contributed by atoms with E-state index in [-0.39, 0.29) is 28.6 Å². The number of carbonyl (C=O) groups excluding carboxylic acids is 1. The van der Waals surface area contributed by atoms with Gasteiger partial charge in [-0.05, 0) is 73.5 Å². The number of hydrogen-bond donors (Lipinski definition) is 2. The van der Waals surface area contributed by atoms with E-state index in [0.29, 0.717) is 5.75 Å². The normalized spacial score (nSPS) is 13.3. The molecule has 2 N–H and O–H groups in total. The number of carbonyl (C=O) groups is 1. The van der Waals surface area contributed by atoms with Crippen LogP contribution in [0.3, 0.4) is 0 Å². The molecule has 8 nitrogen and oxygen atoms in total. The summed E-state index contributed by atoms with van der Waals surface area (Å²) in [6, 6.07) is 20.8. The van der Waals surface area contributed by atoms with E-state index < -0.39 is 15.9 Å². The van der Waals surface area contributed by atoms with Gasteiger partial charge in [0.1, 0.15) is 15.8 Å². The van der Waals surface area contributed by atoms with Gasteiger partial charge in [0.2, 0.25) is 0 Å². The monoisotopic (exact) mass is 654 g/mol. The summed E-state index contributed by atoms with van der Waals surface area (Å²) in [4.78, 5) is 22.5. The molecule has 0 unspecified atom stereocenters. The summed E-state index contributed by atoms with van der Waals surface area (Å²) in [5.74, 6) is 0.156. The molecule has 1 aliphatic heterocycles. The Kier molecular flexibility index (Phi) is 9.38. The van der Waals surface area contributed by atoms with Gasteiger partial charge in [-0.25, -0.2) is 13.4 Å². The molecule has 0 atom stereocenters. The molecule has 43 heavy (non-hydrogen) atoms. The van der Waals surface area contributed by atoms with Gasteiger partial charge in [0, 0.05) is 23.5 Å². The van der Waals surface area contributed by atoms with E-state index in [1.165, 1.54) is 29.7 Å². The molecule has 1 aliphatic rings. The van der Waals surface area contributed by atoms with E-state index >= 15 is 0 Å². The number of sulfonamides is 1. The molecule has 6 rings (SSSR count). The summed E-state index contributed by atoms with van der Waals surface area (Å²) in [6.07, 6.45) is 1.96. The molecule has 0 aliphatic carbocycles. The maximum absolute atomic E-state index is 13.8. The lowest BCUT2D eigenvalue weighted by atomic mass is 10.0. The summed E-state index contributed by atoms with van der Waals surface area (Å²) in [6.45, 7) is 5.00. The summed E-state index contributed by atoms with van der Waals surface area (Å²) < 4.78 is 35.2. The maximum Gasteiger partial charge on any atom is 0.261 e. The number of amides is 1. The van der Waals surface area contributed by atoms with Crippen molar-refractivity contribution in [3.05, 3.63) is 88.8 Å². The van der Waals surface area contributed by atoms with E-state index in [1.54, 1.807) is 59.1 Å². The number of para-hydroxylation sites is 2. The fraction of sp³-hybridized carbons (Fsp3) is 0.226. The largest absolute Gasteiger partial charge is 0.497 e. The van der Waals surface area contributed by atoms with E-state index in [9.17, 15) is 13.2 Å². The number of nitrogens with zero attached hydrogens (tertiary/aromatic N) is 2. The van der Waals surface area contributed by atoms with Gasteiger partial charge in [-0.15, -0.1) is 35.1 Å². The third-order valence-electron chi connectivity index (χ3n) is 7.20. The van der Waals surface area contributed by atoms with Crippen LogP contribution in [-0.2, 0) is 23.0 Å². The number of aromatic nitrogens is 1. The van der Waals surface area contributed by atoms with E-state index in [4.69, 9.17) is 9.72 Å². The lowest BCUT2D eigenvalue weighted by molar-refractivity contribution is 0.102. The zero-order chi connectivity index (χ0) is 29.3. The summed E-state index contributed by atoms with van der Waals surface area (Å²) >= 11 is 3.20. The average Bonchev–Trinajstić information content (AvgIpc) is 3.57. The molecular formula is C31H31ClN4O4S3. The van der Waals surface area contributed by atoms with E-state index in [2.05, 4.69) is 27.9 Å². The van der Waals surface area contributed by atoms with Crippen LogP contribution in [0.4, 0.5) is 10.7 Å². The lowest BCUT2D eigenvalue weighted by Crippen LogP contribution is -2.30. The van der Waals surface area contributed by atoms with Crippen LogP contribution in [0.2, 0.25) is 0 Å². The van der Waals surface area contributed by atoms with Crippen LogP contribution in [0.1, 0.15) is 34.1 Å². The van der Waals surface area contributed by atoms with Crippen LogP contribution in [0.5, 0.6) is 5.75 Å². The number of fused-ring (bicyclic) bond motifs is 2. The first-order valence-electron chi connectivity index (χ1n) is 13.7. The second kappa shape index (κ2) is 13.0. The zero-order valence-corrected chi connectivity index (χ0v) is 26.9. The minimum absolute atomic E-state index is 0. The van der Waals surface area contributed by atoms with Crippen molar-refractivity contribution < 1.29 is 17.9 Å². The first-order valence-corrected chi connectivity index (χ1v) is 16.8. The van der Waals surface area contributed by atoms with E-state index in [1.807, 2.05) is 18.2 Å². The van der Waals surface area contributed by atoms with Crippen molar-refractivity contribution in [2.45, 2.75) is 31.2 Å². The predicted molar refractivity (Wildman–Crippen MR) is 178 cm³/mol. The second-order valence-electron chi connectivity index (χ2n) is 10.0. The van der Waals surface area contributed by atoms with Gasteiger partial charge >= 0.3 is 0 Å². The highest BCUT2D eigenvalue weighted by Crippen LogP contribution is 2.46. The third-order valence-corrected chi connectivity index (χ3v) is 10.8. The molecule has 3 heterocycles. The Bertz CT molecular complexity index is 1840. The maximum atomic E-state index is 13.8. The molecular weight excluding hydrogens is 624 g/mol. The molecule has 12 heteroatoms. The minimum atomic E-state index is -3.94. The molecule has 5 aromatic rings. The minimum Gasteiger partial charge on any atom is -0.497 e. The van der Waals surface area contributed by atoms with Gasteiger partial charge < -0.3 is 10.1 Å². The Hall–Kier alpha value is -3.48. The van der Waals surface area contributed by atoms with Crippen LogP contribution in [-0.4, -0.2) is 44.4 Å². The van der Waals surface area contributed by atoms with E-state index in [0.717, 1.165) is 58.3 Å². The Balaban J connectivity index is 0.00000368. The number of halogens is 1. The number of ether oxygens (including phenoxy) is 1. The molecule has 0 spiro atoms. The highest BCUT2D eigenvalue weighted by molar-refractivity contribution is 7.92. The number of nitrogens with one attached hydrogen (secondary N) is 2. The number of anilines is 2.